The van der Waals surface area contributed by atoms with Crippen LogP contribution in [0.1, 0.15) is 18.9 Å². The lowest BCUT2D eigenvalue weighted by molar-refractivity contribution is -0.104. The van der Waals surface area contributed by atoms with Crippen LogP contribution in [0.4, 0.5) is 0 Å². The molecule has 0 bridgehead atoms. The quantitative estimate of drug-likeness (QED) is 0.416. The van der Waals surface area contributed by atoms with Gasteiger partial charge in [-0.1, -0.05) is 0 Å². The van der Waals surface area contributed by atoms with Crippen LogP contribution in [0.15, 0.2) is 24.3 Å². The molecule has 0 N–H and O–H groups in total. The maximum atomic E-state index is 10.5. The van der Waals surface area contributed by atoms with Crippen molar-refractivity contribution in [1.82, 2.24) is 4.90 Å². The van der Waals surface area contributed by atoms with Gasteiger partial charge in [-0.15, -0.1) is 0 Å². The van der Waals surface area contributed by atoms with Crippen molar-refractivity contribution in [2.24, 2.45) is 0 Å². The van der Waals surface area contributed by atoms with Crippen LogP contribution in [0.25, 0.3) is 5.57 Å². The summed E-state index contributed by atoms with van der Waals surface area (Å²) in [6.07, 6.45) is 3.27. The molecule has 0 saturated heterocycles. The van der Waals surface area contributed by atoms with E-state index in [1.165, 1.54) is 6.08 Å². The van der Waals surface area contributed by atoms with E-state index in [4.69, 9.17) is 9.47 Å². The Morgan fingerprint density at radius 2 is 2.10 bits per heavy atom. The van der Waals surface area contributed by atoms with Gasteiger partial charge in [0, 0.05) is 18.2 Å². The van der Waals surface area contributed by atoms with Gasteiger partial charge in [-0.2, -0.15) is 0 Å². The number of ether oxygens (including phenoxy) is 2. The van der Waals surface area contributed by atoms with Gasteiger partial charge in [-0.3, -0.25) is 4.79 Å². The molecule has 0 fully saturated rings. The van der Waals surface area contributed by atoms with Crippen molar-refractivity contribution in [2.75, 3.05) is 34.4 Å². The standard InChI is InChI=1S/C16H23NO3/c1-13(8-10-18)15-7-6-14(12-16(15)19-4)20-11-5-9-17(2)3/h6-8,10,12H,5,9,11H2,1-4H3/b13-8-. The van der Waals surface area contributed by atoms with Gasteiger partial charge in [-0.25, -0.2) is 0 Å². The van der Waals surface area contributed by atoms with Crippen molar-refractivity contribution in [3.8, 4) is 11.5 Å². The topological polar surface area (TPSA) is 38.8 Å². The molecular formula is C16H23NO3. The van der Waals surface area contributed by atoms with E-state index >= 15 is 0 Å². The van der Waals surface area contributed by atoms with Crippen molar-refractivity contribution >= 4 is 11.9 Å². The Morgan fingerprint density at radius 3 is 2.70 bits per heavy atom. The van der Waals surface area contributed by atoms with Crippen molar-refractivity contribution in [2.45, 2.75) is 13.3 Å². The van der Waals surface area contributed by atoms with Gasteiger partial charge in [0.15, 0.2) is 0 Å². The molecule has 0 radical (unpaired) electrons. The van der Waals surface area contributed by atoms with E-state index in [0.717, 1.165) is 36.1 Å². The Hall–Kier alpha value is -1.81. The van der Waals surface area contributed by atoms with Crippen molar-refractivity contribution in [3.63, 3.8) is 0 Å². The van der Waals surface area contributed by atoms with Gasteiger partial charge in [0.1, 0.15) is 17.8 Å². The number of methoxy groups -OCH3 is 1. The Bertz CT molecular complexity index is 467. The molecule has 20 heavy (non-hydrogen) atoms. The summed E-state index contributed by atoms with van der Waals surface area (Å²) >= 11 is 0. The fourth-order valence-electron chi connectivity index (χ4n) is 1.85. The van der Waals surface area contributed by atoms with Crippen LogP contribution in [0.2, 0.25) is 0 Å². The highest BCUT2D eigenvalue weighted by Gasteiger charge is 2.07. The van der Waals surface area contributed by atoms with E-state index in [0.29, 0.717) is 12.4 Å². The maximum Gasteiger partial charge on any atom is 0.143 e. The largest absolute Gasteiger partial charge is 0.496 e. The molecule has 4 nitrogen and oxygen atoms in total. The number of hydrogen-bond acceptors (Lipinski definition) is 4. The molecule has 0 atom stereocenters. The van der Waals surface area contributed by atoms with E-state index in [9.17, 15) is 4.79 Å². The molecule has 110 valence electrons. The molecule has 0 aliphatic rings. The van der Waals surface area contributed by atoms with Gasteiger partial charge in [0.2, 0.25) is 0 Å². The van der Waals surface area contributed by atoms with Crippen molar-refractivity contribution < 1.29 is 14.3 Å². The van der Waals surface area contributed by atoms with Gasteiger partial charge >= 0.3 is 0 Å². The monoisotopic (exact) mass is 277 g/mol. The fourth-order valence-corrected chi connectivity index (χ4v) is 1.85. The highest BCUT2D eigenvalue weighted by atomic mass is 16.5. The molecule has 1 aromatic rings. The van der Waals surface area contributed by atoms with Crippen LogP contribution in [-0.2, 0) is 4.79 Å². The lowest BCUT2D eigenvalue weighted by Gasteiger charge is -2.13. The van der Waals surface area contributed by atoms with Crippen LogP contribution in [0, 0.1) is 0 Å². The first-order valence-corrected chi connectivity index (χ1v) is 6.66. The SMILES string of the molecule is COc1cc(OCCCN(C)C)ccc1/C(C)=C\C=O. The number of carbonyl (C=O) groups is 1. The zero-order valence-electron chi connectivity index (χ0n) is 12.7. The molecule has 1 rings (SSSR count). The Labute approximate surface area is 121 Å². The number of hydrogen-bond donors (Lipinski definition) is 0. The molecule has 0 unspecified atom stereocenters. The lowest BCUT2D eigenvalue weighted by Crippen LogP contribution is -2.15. The third kappa shape index (κ3) is 5.05. The molecule has 0 aliphatic heterocycles. The number of aldehydes is 1. The first-order valence-electron chi connectivity index (χ1n) is 6.66. The predicted molar refractivity (Wildman–Crippen MR) is 81.4 cm³/mol. The van der Waals surface area contributed by atoms with Gasteiger partial charge in [0.25, 0.3) is 0 Å². The summed E-state index contributed by atoms with van der Waals surface area (Å²) in [5, 5.41) is 0. The second kappa shape index (κ2) is 8.38. The molecule has 0 amide bonds. The van der Waals surface area contributed by atoms with Crippen LogP contribution >= 0.6 is 0 Å². The van der Waals surface area contributed by atoms with E-state index in [1.54, 1.807) is 7.11 Å². The molecule has 4 heteroatoms. The van der Waals surface area contributed by atoms with E-state index in [2.05, 4.69) is 4.90 Å². The molecule has 0 aromatic heterocycles. The summed E-state index contributed by atoms with van der Waals surface area (Å²) < 4.78 is 11.1. The molecule has 0 aliphatic carbocycles. The van der Waals surface area contributed by atoms with Gasteiger partial charge in [-0.05, 0) is 51.2 Å². The predicted octanol–water partition coefficient (Wildman–Crippen LogP) is 2.63. The summed E-state index contributed by atoms with van der Waals surface area (Å²) in [5.41, 5.74) is 1.77. The average Bonchev–Trinajstić information content (AvgIpc) is 2.43. The summed E-state index contributed by atoms with van der Waals surface area (Å²) in [5.74, 6) is 1.49. The molecule has 0 heterocycles. The number of rotatable bonds is 8. The number of allylic oxidation sites excluding steroid dienone is 2. The van der Waals surface area contributed by atoms with E-state index < -0.39 is 0 Å². The Morgan fingerprint density at radius 1 is 1.35 bits per heavy atom. The number of carbonyl (C=O) groups excluding carboxylic acids is 1. The average molecular weight is 277 g/mol. The maximum absolute atomic E-state index is 10.5. The third-order valence-electron chi connectivity index (χ3n) is 2.93. The van der Waals surface area contributed by atoms with E-state index in [1.807, 2.05) is 39.2 Å². The molecule has 0 saturated carbocycles. The second-order valence-electron chi connectivity index (χ2n) is 4.85. The fraction of sp³-hybridized carbons (Fsp3) is 0.438. The van der Waals surface area contributed by atoms with Crippen LogP contribution in [-0.4, -0.2) is 45.5 Å². The Kier molecular flexibility index (Phi) is 6.81. The number of benzene rings is 1. The highest BCUT2D eigenvalue weighted by molar-refractivity contribution is 5.82. The van der Waals surface area contributed by atoms with Crippen LogP contribution in [0.5, 0.6) is 11.5 Å². The summed E-state index contributed by atoms with van der Waals surface area (Å²) in [7, 11) is 5.70. The second-order valence-corrected chi connectivity index (χ2v) is 4.85. The van der Waals surface area contributed by atoms with Crippen molar-refractivity contribution in [1.29, 1.82) is 0 Å². The minimum Gasteiger partial charge on any atom is -0.496 e. The minimum atomic E-state index is 0.670. The van der Waals surface area contributed by atoms with Gasteiger partial charge < -0.3 is 14.4 Å². The summed E-state index contributed by atoms with van der Waals surface area (Å²) in [4.78, 5) is 12.7. The van der Waals surface area contributed by atoms with Gasteiger partial charge in [0.05, 0.1) is 13.7 Å². The highest BCUT2D eigenvalue weighted by Crippen LogP contribution is 2.29. The molecular weight excluding hydrogens is 254 g/mol. The summed E-state index contributed by atoms with van der Waals surface area (Å²) in [6.45, 7) is 3.55. The zero-order chi connectivity index (χ0) is 15.0. The Balaban J connectivity index is 2.72. The minimum absolute atomic E-state index is 0.670. The van der Waals surface area contributed by atoms with Crippen LogP contribution in [0.3, 0.4) is 0 Å². The number of nitrogens with zero attached hydrogens (tertiary/aromatic N) is 1. The first kappa shape index (κ1) is 16.2. The smallest absolute Gasteiger partial charge is 0.143 e. The van der Waals surface area contributed by atoms with Crippen LogP contribution < -0.4 is 9.47 Å². The summed E-state index contributed by atoms with van der Waals surface area (Å²) in [6, 6.07) is 5.66. The molecule has 1 aromatic carbocycles. The zero-order valence-corrected chi connectivity index (χ0v) is 12.7. The first-order chi connectivity index (χ1) is 9.58. The third-order valence-corrected chi connectivity index (χ3v) is 2.93. The molecule has 0 spiro atoms. The normalized spacial score (nSPS) is 11.6. The van der Waals surface area contributed by atoms with E-state index in [-0.39, 0.29) is 0 Å². The lowest BCUT2D eigenvalue weighted by atomic mass is 10.1. The van der Waals surface area contributed by atoms with Crippen molar-refractivity contribution in [3.05, 3.63) is 29.8 Å².